The van der Waals surface area contributed by atoms with Gasteiger partial charge in [0.2, 0.25) is 0 Å². The topological polar surface area (TPSA) is 20.2 Å². The minimum absolute atomic E-state index is 0.113. The second kappa shape index (κ2) is 4.24. The Hall–Kier alpha value is -1.08. The van der Waals surface area contributed by atoms with Gasteiger partial charge in [0, 0.05) is 5.92 Å². The molecule has 13 heavy (non-hydrogen) atoms. The molecule has 1 nitrogen and oxygen atoms in total. The highest BCUT2D eigenvalue weighted by atomic mass is 16.3. The molecule has 0 amide bonds. The lowest BCUT2D eigenvalue weighted by atomic mass is 9.92. The van der Waals surface area contributed by atoms with Crippen molar-refractivity contribution in [1.29, 1.82) is 0 Å². The van der Waals surface area contributed by atoms with E-state index < -0.39 is 6.10 Å². The summed E-state index contributed by atoms with van der Waals surface area (Å²) >= 11 is 0. The Bertz CT molecular complexity index is 276. The summed E-state index contributed by atoms with van der Waals surface area (Å²) < 4.78 is 0. The Morgan fingerprint density at radius 2 is 1.85 bits per heavy atom. The molecule has 0 saturated heterocycles. The van der Waals surface area contributed by atoms with Crippen molar-refractivity contribution in [3.8, 4) is 0 Å². The highest BCUT2D eigenvalue weighted by Crippen LogP contribution is 2.25. The molecule has 70 valence electrons. The van der Waals surface area contributed by atoms with Crippen molar-refractivity contribution in [2.45, 2.75) is 20.0 Å². The number of hydrogen-bond acceptors (Lipinski definition) is 1. The Labute approximate surface area is 79.7 Å². The summed E-state index contributed by atoms with van der Waals surface area (Å²) in [4.78, 5) is 0. The highest BCUT2D eigenvalue weighted by molar-refractivity contribution is 5.20. The van der Waals surface area contributed by atoms with Crippen LogP contribution in [0.25, 0.3) is 0 Å². The minimum atomic E-state index is -0.432. The molecule has 1 N–H and O–H groups in total. The zero-order chi connectivity index (χ0) is 9.84. The first-order chi connectivity index (χ1) is 6.13. The van der Waals surface area contributed by atoms with E-state index in [1.807, 2.05) is 44.2 Å². The largest absolute Gasteiger partial charge is 0.388 e. The predicted octanol–water partition coefficient (Wildman–Crippen LogP) is 2.93. The maximum absolute atomic E-state index is 9.90. The van der Waals surface area contributed by atoms with Gasteiger partial charge in [0.25, 0.3) is 0 Å². The standard InChI is InChI=1S/C12H16O/c1-9(2)10(3)12(13)11-7-5-4-6-8-11/h4-8,10,12-13H,1H2,2-3H3/t10-,12-/m0/s1. The molecule has 1 aromatic carbocycles. The van der Waals surface area contributed by atoms with Gasteiger partial charge in [0.15, 0.2) is 0 Å². The summed E-state index contributed by atoms with van der Waals surface area (Å²) in [6, 6.07) is 9.68. The van der Waals surface area contributed by atoms with Crippen molar-refractivity contribution < 1.29 is 5.11 Å². The molecule has 0 saturated carbocycles. The molecule has 0 spiro atoms. The van der Waals surface area contributed by atoms with Crippen LogP contribution in [-0.2, 0) is 0 Å². The van der Waals surface area contributed by atoms with Gasteiger partial charge in [-0.25, -0.2) is 0 Å². The van der Waals surface area contributed by atoms with Crippen LogP contribution in [-0.4, -0.2) is 5.11 Å². The summed E-state index contributed by atoms with van der Waals surface area (Å²) in [6.45, 7) is 7.77. The number of aliphatic hydroxyl groups excluding tert-OH is 1. The average Bonchev–Trinajstić information content (AvgIpc) is 2.17. The fraction of sp³-hybridized carbons (Fsp3) is 0.333. The molecule has 1 aromatic rings. The lowest BCUT2D eigenvalue weighted by Gasteiger charge is -2.18. The average molecular weight is 176 g/mol. The molecular formula is C12H16O. The molecule has 0 fully saturated rings. The first-order valence-electron chi connectivity index (χ1n) is 4.51. The fourth-order valence-electron chi connectivity index (χ4n) is 1.21. The maximum atomic E-state index is 9.90. The first kappa shape index (κ1) is 10.0. The predicted molar refractivity (Wildman–Crippen MR) is 55.4 cm³/mol. The lowest BCUT2D eigenvalue weighted by Crippen LogP contribution is -2.09. The third-order valence-corrected chi connectivity index (χ3v) is 2.39. The number of aliphatic hydroxyl groups is 1. The molecule has 0 aliphatic heterocycles. The van der Waals surface area contributed by atoms with Crippen molar-refractivity contribution in [3.05, 3.63) is 48.0 Å². The second-order valence-electron chi connectivity index (χ2n) is 3.49. The van der Waals surface area contributed by atoms with E-state index in [1.165, 1.54) is 0 Å². The summed E-state index contributed by atoms with van der Waals surface area (Å²) in [5.41, 5.74) is 1.97. The quantitative estimate of drug-likeness (QED) is 0.702. The zero-order valence-corrected chi connectivity index (χ0v) is 8.20. The van der Waals surface area contributed by atoms with Crippen molar-refractivity contribution in [2.75, 3.05) is 0 Å². The molecule has 0 unspecified atom stereocenters. The van der Waals surface area contributed by atoms with Crippen LogP contribution >= 0.6 is 0 Å². The van der Waals surface area contributed by atoms with Crippen molar-refractivity contribution >= 4 is 0 Å². The summed E-state index contributed by atoms with van der Waals surface area (Å²) in [5, 5.41) is 9.90. The van der Waals surface area contributed by atoms with Crippen molar-refractivity contribution in [1.82, 2.24) is 0 Å². The van der Waals surface area contributed by atoms with Crippen LogP contribution in [0.4, 0.5) is 0 Å². The van der Waals surface area contributed by atoms with Crippen LogP contribution in [0.3, 0.4) is 0 Å². The molecule has 2 atom stereocenters. The van der Waals surface area contributed by atoms with Crippen LogP contribution in [0.15, 0.2) is 42.5 Å². The lowest BCUT2D eigenvalue weighted by molar-refractivity contribution is 0.135. The molecule has 0 heterocycles. The SMILES string of the molecule is C=C(C)[C@H](C)[C@H](O)c1ccccc1. The molecule has 0 aliphatic carbocycles. The molecule has 1 heteroatoms. The maximum Gasteiger partial charge on any atom is 0.0852 e. The van der Waals surface area contributed by atoms with Gasteiger partial charge in [-0.1, -0.05) is 49.4 Å². The number of rotatable bonds is 3. The normalized spacial score (nSPS) is 15.0. The van der Waals surface area contributed by atoms with Crippen molar-refractivity contribution in [2.24, 2.45) is 5.92 Å². The van der Waals surface area contributed by atoms with E-state index in [4.69, 9.17) is 0 Å². The van der Waals surface area contributed by atoms with Crippen LogP contribution in [0.1, 0.15) is 25.5 Å². The van der Waals surface area contributed by atoms with Gasteiger partial charge < -0.3 is 5.11 Å². The molecule has 0 aliphatic rings. The Kier molecular flexibility index (Phi) is 3.26. The van der Waals surface area contributed by atoms with Gasteiger partial charge in [0.1, 0.15) is 0 Å². The monoisotopic (exact) mass is 176 g/mol. The highest BCUT2D eigenvalue weighted by Gasteiger charge is 2.15. The van der Waals surface area contributed by atoms with E-state index in [-0.39, 0.29) is 5.92 Å². The minimum Gasteiger partial charge on any atom is -0.388 e. The fourth-order valence-corrected chi connectivity index (χ4v) is 1.21. The van der Waals surface area contributed by atoms with Crippen LogP contribution in [0, 0.1) is 5.92 Å². The van der Waals surface area contributed by atoms with E-state index in [2.05, 4.69) is 6.58 Å². The zero-order valence-electron chi connectivity index (χ0n) is 8.20. The van der Waals surface area contributed by atoms with E-state index in [0.29, 0.717) is 0 Å². The van der Waals surface area contributed by atoms with Gasteiger partial charge in [-0.3, -0.25) is 0 Å². The molecule has 0 bridgehead atoms. The van der Waals surface area contributed by atoms with Gasteiger partial charge in [0.05, 0.1) is 6.10 Å². The van der Waals surface area contributed by atoms with Gasteiger partial charge in [-0.2, -0.15) is 0 Å². The molecular weight excluding hydrogens is 160 g/mol. The van der Waals surface area contributed by atoms with Crippen LogP contribution in [0.5, 0.6) is 0 Å². The molecule has 0 aromatic heterocycles. The Morgan fingerprint density at radius 3 is 2.31 bits per heavy atom. The van der Waals surface area contributed by atoms with E-state index in [0.717, 1.165) is 11.1 Å². The summed E-state index contributed by atoms with van der Waals surface area (Å²) in [5.74, 6) is 0.113. The summed E-state index contributed by atoms with van der Waals surface area (Å²) in [6.07, 6.45) is -0.432. The van der Waals surface area contributed by atoms with E-state index in [1.54, 1.807) is 0 Å². The smallest absolute Gasteiger partial charge is 0.0852 e. The number of hydrogen-bond donors (Lipinski definition) is 1. The number of benzene rings is 1. The third kappa shape index (κ3) is 2.43. The van der Waals surface area contributed by atoms with Gasteiger partial charge in [-0.05, 0) is 12.5 Å². The van der Waals surface area contributed by atoms with Crippen molar-refractivity contribution in [3.63, 3.8) is 0 Å². The summed E-state index contributed by atoms with van der Waals surface area (Å²) in [7, 11) is 0. The van der Waals surface area contributed by atoms with Gasteiger partial charge in [-0.15, -0.1) is 0 Å². The second-order valence-corrected chi connectivity index (χ2v) is 3.49. The van der Waals surface area contributed by atoms with Crippen LogP contribution in [0.2, 0.25) is 0 Å². The Morgan fingerprint density at radius 1 is 1.31 bits per heavy atom. The molecule has 0 radical (unpaired) electrons. The van der Waals surface area contributed by atoms with E-state index >= 15 is 0 Å². The van der Waals surface area contributed by atoms with Crippen LogP contribution < -0.4 is 0 Å². The molecule has 1 rings (SSSR count). The Balaban J connectivity index is 2.79. The van der Waals surface area contributed by atoms with E-state index in [9.17, 15) is 5.11 Å². The first-order valence-corrected chi connectivity index (χ1v) is 4.51. The third-order valence-electron chi connectivity index (χ3n) is 2.39. The van der Waals surface area contributed by atoms with Gasteiger partial charge >= 0.3 is 0 Å².